The number of morpholine rings is 1. The Bertz CT molecular complexity index is 254. The van der Waals surface area contributed by atoms with Crippen molar-refractivity contribution in [2.75, 3.05) is 45.9 Å². The number of ether oxygens (including phenoxy) is 1. The van der Waals surface area contributed by atoms with Crippen LogP contribution >= 0.6 is 0 Å². The van der Waals surface area contributed by atoms with E-state index in [-0.39, 0.29) is 0 Å². The van der Waals surface area contributed by atoms with Gasteiger partial charge in [-0.05, 0) is 6.42 Å². The molecule has 0 aliphatic carbocycles. The molecule has 4 nitrogen and oxygen atoms in total. The van der Waals surface area contributed by atoms with Gasteiger partial charge in [0.25, 0.3) is 5.91 Å². The first kappa shape index (κ1) is 12.8. The molecule has 0 aromatic rings. The Balaban J connectivity index is 1.80. The first-order chi connectivity index (χ1) is 8.15. The van der Waals surface area contributed by atoms with Crippen molar-refractivity contribution in [1.82, 2.24) is 4.90 Å². The van der Waals surface area contributed by atoms with E-state index in [1.165, 1.54) is 11.3 Å². The molecular weight excluding hydrogens is 216 g/mol. The molecule has 2 heterocycles. The smallest absolute Gasteiger partial charge is 0.277 e. The quantitative estimate of drug-likeness (QED) is 0.701. The van der Waals surface area contributed by atoms with Crippen LogP contribution in [0.5, 0.6) is 0 Å². The van der Waals surface area contributed by atoms with Gasteiger partial charge in [-0.2, -0.15) is 0 Å². The topological polar surface area (TPSA) is 34.0 Å². The van der Waals surface area contributed by atoms with Gasteiger partial charge >= 0.3 is 0 Å². The molecule has 0 saturated carbocycles. The molecule has 0 aromatic carbocycles. The van der Waals surface area contributed by atoms with Gasteiger partial charge in [0, 0.05) is 24.9 Å². The molecule has 17 heavy (non-hydrogen) atoms. The number of hydrogen-bond acceptors (Lipinski definition) is 2. The largest absolute Gasteiger partial charge is 0.378 e. The number of nitrogens with one attached hydrogen (secondary N) is 1. The highest BCUT2D eigenvalue weighted by Gasteiger charge is 2.28. The second-order valence-corrected chi connectivity index (χ2v) is 5.77. The zero-order chi connectivity index (χ0) is 12.3. The van der Waals surface area contributed by atoms with Crippen LogP contribution in [0, 0.1) is 11.8 Å². The van der Waals surface area contributed by atoms with Crippen molar-refractivity contribution in [3.8, 4) is 0 Å². The third-order valence-electron chi connectivity index (χ3n) is 3.84. The Hall–Kier alpha value is -0.610. The highest BCUT2D eigenvalue weighted by molar-refractivity contribution is 5.77. The summed E-state index contributed by atoms with van der Waals surface area (Å²) < 4.78 is 5.27. The lowest BCUT2D eigenvalue weighted by molar-refractivity contribution is -0.904. The third-order valence-corrected chi connectivity index (χ3v) is 3.84. The average Bonchev–Trinajstić information content (AvgIpc) is 2.28. The maximum Gasteiger partial charge on any atom is 0.277 e. The minimum absolute atomic E-state index is 0.310. The number of likely N-dealkylation sites (tertiary alicyclic amines) is 1. The molecule has 2 aliphatic rings. The number of hydrogen-bond donors (Lipinski definition) is 1. The summed E-state index contributed by atoms with van der Waals surface area (Å²) in [4.78, 5) is 15.6. The summed E-state index contributed by atoms with van der Waals surface area (Å²) in [6.45, 7) is 10.5. The lowest BCUT2D eigenvalue weighted by Gasteiger charge is -2.33. The summed E-state index contributed by atoms with van der Waals surface area (Å²) in [5.41, 5.74) is 0. The highest BCUT2D eigenvalue weighted by atomic mass is 16.5. The monoisotopic (exact) mass is 241 g/mol. The van der Waals surface area contributed by atoms with Crippen LogP contribution in [0.4, 0.5) is 0 Å². The molecule has 2 rings (SSSR count). The van der Waals surface area contributed by atoms with Crippen LogP contribution in [0.1, 0.15) is 20.3 Å². The van der Waals surface area contributed by atoms with Crippen molar-refractivity contribution < 1.29 is 14.4 Å². The van der Waals surface area contributed by atoms with Crippen LogP contribution < -0.4 is 4.90 Å². The van der Waals surface area contributed by atoms with E-state index in [0.717, 1.165) is 38.0 Å². The predicted octanol–water partition coefficient (Wildman–Crippen LogP) is -0.594. The van der Waals surface area contributed by atoms with Gasteiger partial charge in [0.1, 0.15) is 0 Å². The molecule has 2 fully saturated rings. The van der Waals surface area contributed by atoms with E-state index in [0.29, 0.717) is 25.7 Å². The Morgan fingerprint density at radius 2 is 1.82 bits per heavy atom. The van der Waals surface area contributed by atoms with Crippen molar-refractivity contribution >= 4 is 5.91 Å². The normalized spacial score (nSPS) is 34.7. The number of carbonyl (C=O) groups excluding carboxylic acids is 1. The number of rotatable bonds is 2. The maximum atomic E-state index is 12.1. The summed E-state index contributed by atoms with van der Waals surface area (Å²) >= 11 is 0. The molecule has 98 valence electrons. The van der Waals surface area contributed by atoms with Gasteiger partial charge in [-0.15, -0.1) is 0 Å². The molecule has 2 saturated heterocycles. The van der Waals surface area contributed by atoms with Crippen molar-refractivity contribution in [2.45, 2.75) is 20.3 Å². The molecule has 1 amide bonds. The van der Waals surface area contributed by atoms with Crippen LogP contribution in [-0.4, -0.2) is 56.7 Å². The van der Waals surface area contributed by atoms with E-state index in [9.17, 15) is 4.79 Å². The molecule has 0 spiro atoms. The molecule has 1 N–H and O–H groups in total. The van der Waals surface area contributed by atoms with Gasteiger partial charge in [0.2, 0.25) is 0 Å². The SMILES string of the molecule is C[C@@H]1C[C@@H](C)C[NH+](CC(=O)N2CCOCC2)C1. The van der Waals surface area contributed by atoms with E-state index in [1.54, 1.807) is 0 Å². The third kappa shape index (κ3) is 3.68. The Morgan fingerprint density at radius 1 is 1.24 bits per heavy atom. The van der Waals surface area contributed by atoms with Gasteiger partial charge in [-0.25, -0.2) is 0 Å². The van der Waals surface area contributed by atoms with Crippen molar-refractivity contribution in [1.29, 1.82) is 0 Å². The molecule has 0 bridgehead atoms. The fourth-order valence-corrected chi connectivity index (χ4v) is 3.21. The highest BCUT2D eigenvalue weighted by Crippen LogP contribution is 2.11. The summed E-state index contributed by atoms with van der Waals surface area (Å²) in [5, 5.41) is 0. The summed E-state index contributed by atoms with van der Waals surface area (Å²) in [6.07, 6.45) is 1.31. The van der Waals surface area contributed by atoms with Crippen LogP contribution in [0.2, 0.25) is 0 Å². The van der Waals surface area contributed by atoms with Gasteiger partial charge in [-0.3, -0.25) is 4.79 Å². The predicted molar refractivity (Wildman–Crippen MR) is 65.9 cm³/mol. The molecule has 0 unspecified atom stereocenters. The lowest BCUT2D eigenvalue weighted by Crippen LogP contribution is -3.15. The number of amides is 1. The number of nitrogens with zero attached hydrogens (tertiary/aromatic N) is 1. The fraction of sp³-hybridized carbons (Fsp3) is 0.923. The standard InChI is InChI=1S/C13H24N2O2/c1-11-7-12(2)9-14(8-11)10-13(16)15-3-5-17-6-4-15/h11-12H,3-10H2,1-2H3/p+1/t11-,12-/m1/s1. The minimum atomic E-state index is 0.310. The first-order valence-corrected chi connectivity index (χ1v) is 6.84. The lowest BCUT2D eigenvalue weighted by atomic mass is 9.92. The molecule has 2 aliphatic heterocycles. The van der Waals surface area contributed by atoms with Crippen LogP contribution in [0.25, 0.3) is 0 Å². The Labute approximate surface area is 104 Å². The van der Waals surface area contributed by atoms with Gasteiger partial charge in [0.05, 0.1) is 26.3 Å². The van der Waals surface area contributed by atoms with Crippen molar-refractivity contribution in [2.24, 2.45) is 11.8 Å². The fourth-order valence-electron chi connectivity index (χ4n) is 3.21. The molecule has 0 radical (unpaired) electrons. The van der Waals surface area contributed by atoms with Gasteiger partial charge in [-0.1, -0.05) is 13.8 Å². The number of carbonyl (C=O) groups is 1. The second kappa shape index (κ2) is 5.83. The second-order valence-electron chi connectivity index (χ2n) is 5.77. The van der Waals surface area contributed by atoms with Gasteiger partial charge in [0.15, 0.2) is 6.54 Å². The van der Waals surface area contributed by atoms with Crippen molar-refractivity contribution in [3.63, 3.8) is 0 Å². The minimum Gasteiger partial charge on any atom is -0.378 e. The summed E-state index contributed by atoms with van der Waals surface area (Å²) in [6, 6.07) is 0. The Morgan fingerprint density at radius 3 is 2.41 bits per heavy atom. The average molecular weight is 241 g/mol. The van der Waals surface area contributed by atoms with Crippen LogP contribution in [0.3, 0.4) is 0 Å². The van der Waals surface area contributed by atoms with E-state index < -0.39 is 0 Å². The summed E-state index contributed by atoms with van der Waals surface area (Å²) in [7, 11) is 0. The van der Waals surface area contributed by atoms with E-state index in [1.807, 2.05) is 4.90 Å². The summed E-state index contributed by atoms with van der Waals surface area (Å²) in [5.74, 6) is 1.82. The van der Waals surface area contributed by atoms with Crippen molar-refractivity contribution in [3.05, 3.63) is 0 Å². The molecule has 2 atom stereocenters. The molecular formula is C13H25N2O2+. The van der Waals surface area contributed by atoms with E-state index in [4.69, 9.17) is 4.74 Å². The Kier molecular flexibility index (Phi) is 4.40. The maximum absolute atomic E-state index is 12.1. The molecule has 0 aromatic heterocycles. The van der Waals surface area contributed by atoms with Crippen LogP contribution in [-0.2, 0) is 9.53 Å². The number of quaternary nitrogens is 1. The zero-order valence-corrected chi connectivity index (χ0v) is 11.1. The van der Waals surface area contributed by atoms with E-state index >= 15 is 0 Å². The number of piperidine rings is 1. The van der Waals surface area contributed by atoms with Gasteiger partial charge < -0.3 is 14.5 Å². The van der Waals surface area contributed by atoms with Crippen LogP contribution in [0.15, 0.2) is 0 Å². The molecule has 4 heteroatoms. The first-order valence-electron chi connectivity index (χ1n) is 6.84. The zero-order valence-electron chi connectivity index (χ0n) is 11.1. The van der Waals surface area contributed by atoms with E-state index in [2.05, 4.69) is 13.8 Å².